The summed E-state index contributed by atoms with van der Waals surface area (Å²) < 4.78 is 27.1. The van der Waals surface area contributed by atoms with Gasteiger partial charge in [-0.1, -0.05) is 25.1 Å². The molecule has 1 saturated heterocycles. The molecule has 0 aliphatic carbocycles. The van der Waals surface area contributed by atoms with Crippen molar-refractivity contribution in [1.29, 1.82) is 0 Å². The monoisotopic (exact) mass is 324 g/mol. The van der Waals surface area contributed by atoms with E-state index in [2.05, 4.69) is 11.6 Å². The van der Waals surface area contributed by atoms with Crippen molar-refractivity contribution >= 4 is 15.9 Å². The lowest BCUT2D eigenvalue weighted by Crippen LogP contribution is -2.47. The fourth-order valence-corrected chi connectivity index (χ4v) is 4.17. The van der Waals surface area contributed by atoms with E-state index >= 15 is 0 Å². The second-order valence-corrected chi connectivity index (χ2v) is 7.47. The summed E-state index contributed by atoms with van der Waals surface area (Å²) in [4.78, 5) is 14.4. The zero-order valence-electron chi connectivity index (χ0n) is 13.2. The average molecular weight is 324 g/mol. The second-order valence-electron chi connectivity index (χ2n) is 5.74. The van der Waals surface area contributed by atoms with Gasteiger partial charge in [0.1, 0.15) is 0 Å². The Kier molecular flexibility index (Phi) is 5.58. The minimum absolute atomic E-state index is 0.135. The van der Waals surface area contributed by atoms with Gasteiger partial charge in [0, 0.05) is 12.6 Å². The predicted molar refractivity (Wildman–Crippen MR) is 86.0 cm³/mol. The molecule has 22 heavy (non-hydrogen) atoms. The minimum atomic E-state index is -3.65. The van der Waals surface area contributed by atoms with Crippen LogP contribution in [-0.2, 0) is 14.8 Å². The van der Waals surface area contributed by atoms with Crippen LogP contribution in [0.3, 0.4) is 0 Å². The minimum Gasteiger partial charge on any atom is -0.339 e. The van der Waals surface area contributed by atoms with Crippen molar-refractivity contribution in [1.82, 2.24) is 9.62 Å². The standard InChI is InChI=1S/C16H24N2O3S/c1-3-14-9-6-7-11-18(14)16(19)12-17-22(20,21)15-10-5-4-8-13(15)2/h4-5,8,10,14,17H,3,6-7,9,11-12H2,1-2H3. The lowest BCUT2D eigenvalue weighted by molar-refractivity contribution is -0.133. The number of sulfonamides is 1. The van der Waals surface area contributed by atoms with Gasteiger partial charge in [0.25, 0.3) is 0 Å². The van der Waals surface area contributed by atoms with Crippen molar-refractivity contribution in [3.05, 3.63) is 29.8 Å². The first-order valence-corrected chi connectivity index (χ1v) is 9.28. The molecule has 0 bridgehead atoms. The SMILES string of the molecule is CCC1CCCCN1C(=O)CNS(=O)(=O)c1ccccc1C. The highest BCUT2D eigenvalue weighted by Gasteiger charge is 2.26. The van der Waals surface area contributed by atoms with E-state index in [0.717, 1.165) is 32.2 Å². The van der Waals surface area contributed by atoms with Crippen LogP contribution in [0.25, 0.3) is 0 Å². The molecule has 1 aliphatic heterocycles. The molecule has 5 nitrogen and oxygen atoms in total. The first-order valence-electron chi connectivity index (χ1n) is 7.80. The number of aryl methyl sites for hydroxylation is 1. The first-order chi connectivity index (χ1) is 10.5. The summed E-state index contributed by atoms with van der Waals surface area (Å²) in [5.41, 5.74) is 0.673. The fourth-order valence-electron chi connectivity index (χ4n) is 2.95. The van der Waals surface area contributed by atoms with E-state index in [1.165, 1.54) is 0 Å². The molecule has 0 radical (unpaired) electrons. The van der Waals surface area contributed by atoms with Crippen LogP contribution in [0.2, 0.25) is 0 Å². The lowest BCUT2D eigenvalue weighted by Gasteiger charge is -2.35. The fraction of sp³-hybridized carbons (Fsp3) is 0.562. The molecule has 2 rings (SSSR count). The number of amides is 1. The molecule has 1 amide bonds. The third-order valence-electron chi connectivity index (χ3n) is 4.22. The van der Waals surface area contributed by atoms with Gasteiger partial charge in [-0.05, 0) is 44.2 Å². The molecule has 1 aromatic carbocycles. The van der Waals surface area contributed by atoms with Crippen LogP contribution in [0, 0.1) is 6.92 Å². The normalized spacial score (nSPS) is 19.2. The molecule has 6 heteroatoms. The number of hydrogen-bond donors (Lipinski definition) is 1. The smallest absolute Gasteiger partial charge is 0.241 e. The van der Waals surface area contributed by atoms with E-state index < -0.39 is 10.0 Å². The Bertz CT molecular complexity index is 628. The van der Waals surface area contributed by atoms with Crippen molar-refractivity contribution in [2.75, 3.05) is 13.1 Å². The third-order valence-corrected chi connectivity index (χ3v) is 5.78. The largest absolute Gasteiger partial charge is 0.339 e. The van der Waals surface area contributed by atoms with E-state index in [9.17, 15) is 13.2 Å². The lowest BCUT2D eigenvalue weighted by atomic mass is 10.00. The van der Waals surface area contributed by atoms with Crippen LogP contribution in [0.4, 0.5) is 0 Å². The van der Waals surface area contributed by atoms with Crippen molar-refractivity contribution in [3.63, 3.8) is 0 Å². The van der Waals surface area contributed by atoms with E-state index in [1.54, 1.807) is 31.2 Å². The van der Waals surface area contributed by atoms with Crippen molar-refractivity contribution in [3.8, 4) is 0 Å². The van der Waals surface area contributed by atoms with Gasteiger partial charge in [0.05, 0.1) is 11.4 Å². The summed E-state index contributed by atoms with van der Waals surface area (Å²) in [5, 5.41) is 0. The quantitative estimate of drug-likeness (QED) is 0.901. The van der Waals surface area contributed by atoms with Gasteiger partial charge in [-0.3, -0.25) is 4.79 Å². The highest BCUT2D eigenvalue weighted by Crippen LogP contribution is 2.19. The molecule has 1 fully saturated rings. The predicted octanol–water partition coefficient (Wildman–Crippen LogP) is 2.06. The number of nitrogens with zero attached hydrogens (tertiary/aromatic N) is 1. The number of hydrogen-bond acceptors (Lipinski definition) is 3. The molecule has 122 valence electrons. The molecule has 0 saturated carbocycles. The summed E-state index contributed by atoms with van der Waals surface area (Å²) in [6, 6.07) is 7.01. The molecule has 1 unspecified atom stereocenters. The molecule has 1 aromatic rings. The molecular weight excluding hydrogens is 300 g/mol. The number of rotatable bonds is 5. The number of carbonyl (C=O) groups is 1. The second kappa shape index (κ2) is 7.24. The Labute approximate surface area is 132 Å². The first kappa shape index (κ1) is 17.0. The number of piperidine rings is 1. The van der Waals surface area contributed by atoms with Crippen molar-refractivity contribution in [2.24, 2.45) is 0 Å². The van der Waals surface area contributed by atoms with Crippen LogP contribution >= 0.6 is 0 Å². The van der Waals surface area contributed by atoms with Gasteiger partial charge < -0.3 is 4.90 Å². The summed E-state index contributed by atoms with van der Waals surface area (Å²) in [7, 11) is -3.65. The summed E-state index contributed by atoms with van der Waals surface area (Å²) in [6.45, 7) is 4.36. The molecular formula is C16H24N2O3S. The van der Waals surface area contributed by atoms with E-state index in [0.29, 0.717) is 5.56 Å². The molecule has 1 N–H and O–H groups in total. The summed E-state index contributed by atoms with van der Waals surface area (Å²) in [6.07, 6.45) is 4.05. The third kappa shape index (κ3) is 3.87. The van der Waals surface area contributed by atoms with Crippen LogP contribution in [0.15, 0.2) is 29.2 Å². The number of benzene rings is 1. The summed E-state index contributed by atoms with van der Waals surface area (Å²) >= 11 is 0. The van der Waals surface area contributed by atoms with E-state index in [4.69, 9.17) is 0 Å². The maximum Gasteiger partial charge on any atom is 0.241 e. The van der Waals surface area contributed by atoms with Crippen molar-refractivity contribution < 1.29 is 13.2 Å². The highest BCUT2D eigenvalue weighted by molar-refractivity contribution is 7.89. The maximum atomic E-state index is 12.3. The van der Waals surface area contributed by atoms with Gasteiger partial charge in [-0.15, -0.1) is 0 Å². The Balaban J connectivity index is 2.02. The Morgan fingerprint density at radius 3 is 2.73 bits per heavy atom. The van der Waals surface area contributed by atoms with Crippen LogP contribution in [-0.4, -0.2) is 38.4 Å². The zero-order valence-corrected chi connectivity index (χ0v) is 14.0. The van der Waals surface area contributed by atoms with Crippen molar-refractivity contribution in [2.45, 2.75) is 50.5 Å². The highest BCUT2D eigenvalue weighted by atomic mass is 32.2. The molecule has 1 aliphatic rings. The van der Waals surface area contributed by atoms with Crippen LogP contribution in [0.5, 0.6) is 0 Å². The topological polar surface area (TPSA) is 66.5 Å². The summed E-state index contributed by atoms with van der Waals surface area (Å²) in [5.74, 6) is -0.135. The maximum absolute atomic E-state index is 12.3. The van der Waals surface area contributed by atoms with Gasteiger partial charge in [0.15, 0.2) is 0 Å². The van der Waals surface area contributed by atoms with Gasteiger partial charge >= 0.3 is 0 Å². The number of carbonyl (C=O) groups excluding carboxylic acids is 1. The number of nitrogens with one attached hydrogen (secondary N) is 1. The number of likely N-dealkylation sites (tertiary alicyclic amines) is 1. The molecule has 0 aromatic heterocycles. The van der Waals surface area contributed by atoms with Crippen LogP contribution in [0.1, 0.15) is 38.2 Å². The van der Waals surface area contributed by atoms with Gasteiger partial charge in [0.2, 0.25) is 15.9 Å². The van der Waals surface area contributed by atoms with Crippen LogP contribution < -0.4 is 4.72 Å². The molecule has 0 spiro atoms. The Morgan fingerprint density at radius 2 is 2.05 bits per heavy atom. The zero-order chi connectivity index (χ0) is 16.2. The van der Waals surface area contributed by atoms with E-state index in [1.807, 2.05) is 4.90 Å². The van der Waals surface area contributed by atoms with Gasteiger partial charge in [-0.25, -0.2) is 13.1 Å². The molecule has 1 heterocycles. The Hall–Kier alpha value is -1.40. The molecule has 1 atom stereocenters. The van der Waals surface area contributed by atoms with E-state index in [-0.39, 0.29) is 23.4 Å². The average Bonchev–Trinajstić information content (AvgIpc) is 2.53. The van der Waals surface area contributed by atoms with Gasteiger partial charge in [-0.2, -0.15) is 0 Å². The Morgan fingerprint density at radius 1 is 1.32 bits per heavy atom.